The summed E-state index contributed by atoms with van der Waals surface area (Å²) in [5.41, 5.74) is 1.88. The molecule has 0 aromatic heterocycles. The van der Waals surface area contributed by atoms with Gasteiger partial charge in [-0.15, -0.1) is 0 Å². The summed E-state index contributed by atoms with van der Waals surface area (Å²) in [5, 5.41) is 0. The van der Waals surface area contributed by atoms with Crippen LogP contribution in [0.25, 0.3) is 0 Å². The van der Waals surface area contributed by atoms with Gasteiger partial charge in [0.05, 0.1) is 12.1 Å². The third-order valence-corrected chi connectivity index (χ3v) is 4.89. The zero-order valence-corrected chi connectivity index (χ0v) is 13.7. The topological polar surface area (TPSA) is 46.6 Å². The normalized spacial score (nSPS) is 23.7. The van der Waals surface area contributed by atoms with Gasteiger partial charge in [-0.3, -0.25) is 14.5 Å². The number of carbonyl (C=O) groups is 2. The average molecular weight is 321 g/mol. The molecular weight excluding hydrogens is 302 g/mol. The average Bonchev–Trinajstić information content (AvgIpc) is 3.04. The summed E-state index contributed by atoms with van der Waals surface area (Å²) in [5.74, 6) is -0.993. The Morgan fingerprint density at radius 2 is 1.71 bits per heavy atom. The van der Waals surface area contributed by atoms with Crippen LogP contribution in [0.3, 0.4) is 0 Å². The van der Waals surface area contributed by atoms with E-state index < -0.39 is 17.4 Å². The standard InChI is InChI=1S/C20H19NO3/c1-20(2)21(19(23)18(22)13-8-4-3-5-9-13)17-15-11-7-6-10-14(15)12-16(17)24-20/h3-11,16-17H,12H2,1-2H3/t16-,17+/m1/s1. The number of hydrogen-bond donors (Lipinski definition) is 0. The summed E-state index contributed by atoms with van der Waals surface area (Å²) in [6, 6.07) is 16.5. The van der Waals surface area contributed by atoms with Crippen LogP contribution in [0, 0.1) is 0 Å². The van der Waals surface area contributed by atoms with Crippen molar-refractivity contribution in [1.29, 1.82) is 0 Å². The number of nitrogens with zero attached hydrogens (tertiary/aromatic N) is 1. The largest absolute Gasteiger partial charge is 0.350 e. The molecule has 1 amide bonds. The smallest absolute Gasteiger partial charge is 0.297 e. The van der Waals surface area contributed by atoms with E-state index in [1.54, 1.807) is 29.2 Å². The maximum absolute atomic E-state index is 13.0. The van der Waals surface area contributed by atoms with Gasteiger partial charge in [0.2, 0.25) is 5.78 Å². The number of amides is 1. The zero-order valence-electron chi connectivity index (χ0n) is 13.7. The molecule has 4 rings (SSSR count). The lowest BCUT2D eigenvalue weighted by molar-refractivity contribution is -0.142. The summed E-state index contributed by atoms with van der Waals surface area (Å²) in [6.45, 7) is 3.70. The van der Waals surface area contributed by atoms with Gasteiger partial charge in [0.25, 0.3) is 5.91 Å². The number of benzene rings is 2. The highest BCUT2D eigenvalue weighted by molar-refractivity contribution is 6.42. The first-order valence-corrected chi connectivity index (χ1v) is 8.18. The quantitative estimate of drug-likeness (QED) is 0.631. The van der Waals surface area contributed by atoms with Crippen LogP contribution >= 0.6 is 0 Å². The van der Waals surface area contributed by atoms with Crippen LogP contribution in [0.1, 0.15) is 41.4 Å². The maximum atomic E-state index is 13.0. The van der Waals surface area contributed by atoms with Crippen molar-refractivity contribution in [3.63, 3.8) is 0 Å². The molecule has 1 aliphatic carbocycles. The third-order valence-electron chi connectivity index (χ3n) is 4.89. The first-order chi connectivity index (χ1) is 11.5. The lowest BCUT2D eigenvalue weighted by atomic mass is 10.0. The Kier molecular flexibility index (Phi) is 3.32. The molecule has 2 aromatic carbocycles. The minimum absolute atomic E-state index is 0.0927. The van der Waals surface area contributed by atoms with Crippen molar-refractivity contribution in [3.8, 4) is 0 Å². The molecule has 0 spiro atoms. The minimum Gasteiger partial charge on any atom is -0.350 e. The number of hydrogen-bond acceptors (Lipinski definition) is 3. The molecule has 2 aliphatic rings. The molecule has 4 heteroatoms. The molecule has 2 aromatic rings. The molecule has 0 radical (unpaired) electrons. The first kappa shape index (κ1) is 15.1. The Labute approximate surface area is 141 Å². The molecule has 2 atom stereocenters. The van der Waals surface area contributed by atoms with Gasteiger partial charge in [-0.2, -0.15) is 0 Å². The van der Waals surface area contributed by atoms with Crippen LogP contribution in [0.4, 0.5) is 0 Å². The molecule has 0 unspecified atom stereocenters. The van der Waals surface area contributed by atoms with E-state index in [0.29, 0.717) is 5.56 Å². The van der Waals surface area contributed by atoms with E-state index in [9.17, 15) is 9.59 Å². The van der Waals surface area contributed by atoms with Gasteiger partial charge in [-0.1, -0.05) is 54.6 Å². The number of rotatable bonds is 2. The number of Topliss-reactive ketones (excluding diaryl/α,β-unsaturated/α-hetero) is 1. The Balaban J connectivity index is 1.73. The van der Waals surface area contributed by atoms with E-state index in [0.717, 1.165) is 12.0 Å². The number of ether oxygens (including phenoxy) is 1. The highest BCUT2D eigenvalue weighted by Crippen LogP contribution is 2.48. The molecule has 0 saturated carbocycles. The van der Waals surface area contributed by atoms with Crippen molar-refractivity contribution in [2.75, 3.05) is 0 Å². The highest BCUT2D eigenvalue weighted by atomic mass is 16.5. The van der Waals surface area contributed by atoms with E-state index in [-0.39, 0.29) is 12.1 Å². The second-order valence-corrected chi connectivity index (χ2v) is 6.82. The van der Waals surface area contributed by atoms with Crippen molar-refractivity contribution in [2.24, 2.45) is 0 Å². The molecule has 1 aliphatic heterocycles. The van der Waals surface area contributed by atoms with Crippen molar-refractivity contribution >= 4 is 11.7 Å². The summed E-state index contributed by atoms with van der Waals surface area (Å²) in [6.07, 6.45) is 0.679. The molecule has 1 saturated heterocycles. The summed E-state index contributed by atoms with van der Waals surface area (Å²) in [4.78, 5) is 27.3. The predicted octanol–water partition coefficient (Wildman–Crippen LogP) is 3.13. The van der Waals surface area contributed by atoms with Crippen LogP contribution in [-0.2, 0) is 16.0 Å². The maximum Gasteiger partial charge on any atom is 0.297 e. The molecule has 4 nitrogen and oxygen atoms in total. The van der Waals surface area contributed by atoms with Gasteiger partial charge >= 0.3 is 0 Å². The van der Waals surface area contributed by atoms with Gasteiger partial charge in [0.1, 0.15) is 5.72 Å². The van der Waals surface area contributed by atoms with Crippen molar-refractivity contribution in [1.82, 2.24) is 4.90 Å². The summed E-state index contributed by atoms with van der Waals surface area (Å²) >= 11 is 0. The number of ketones is 1. The monoisotopic (exact) mass is 321 g/mol. The SMILES string of the molecule is CC1(C)O[C@@H]2Cc3ccccc3[C@@H]2N1C(=O)C(=O)c1ccccc1. The third kappa shape index (κ3) is 2.18. The van der Waals surface area contributed by atoms with Gasteiger partial charge < -0.3 is 4.74 Å². The second-order valence-electron chi connectivity index (χ2n) is 6.82. The van der Waals surface area contributed by atoms with E-state index >= 15 is 0 Å². The lowest BCUT2D eigenvalue weighted by Crippen LogP contribution is -2.47. The fourth-order valence-electron chi connectivity index (χ4n) is 3.90. The van der Waals surface area contributed by atoms with Gasteiger partial charge in [0.15, 0.2) is 0 Å². The predicted molar refractivity (Wildman–Crippen MR) is 89.5 cm³/mol. The van der Waals surface area contributed by atoms with Crippen LogP contribution < -0.4 is 0 Å². The molecule has 0 N–H and O–H groups in total. The van der Waals surface area contributed by atoms with Crippen LogP contribution in [-0.4, -0.2) is 28.4 Å². The van der Waals surface area contributed by atoms with Gasteiger partial charge in [0, 0.05) is 12.0 Å². The molecule has 1 fully saturated rings. The van der Waals surface area contributed by atoms with Gasteiger partial charge in [-0.25, -0.2) is 0 Å². The zero-order chi connectivity index (χ0) is 16.9. The van der Waals surface area contributed by atoms with Gasteiger partial charge in [-0.05, 0) is 25.0 Å². The first-order valence-electron chi connectivity index (χ1n) is 8.18. The number of fused-ring (bicyclic) bond motifs is 3. The molecule has 1 heterocycles. The van der Waals surface area contributed by atoms with E-state index in [1.807, 2.05) is 38.1 Å². The highest BCUT2D eigenvalue weighted by Gasteiger charge is 2.54. The Morgan fingerprint density at radius 1 is 1.04 bits per heavy atom. The fourth-order valence-corrected chi connectivity index (χ4v) is 3.90. The van der Waals surface area contributed by atoms with E-state index in [1.165, 1.54) is 5.56 Å². The Morgan fingerprint density at radius 3 is 2.46 bits per heavy atom. The van der Waals surface area contributed by atoms with Crippen molar-refractivity contribution in [2.45, 2.75) is 38.1 Å². The van der Waals surface area contributed by atoms with Crippen LogP contribution in [0.5, 0.6) is 0 Å². The number of carbonyl (C=O) groups excluding carboxylic acids is 2. The summed E-state index contributed by atoms with van der Waals surface area (Å²) < 4.78 is 6.13. The Bertz CT molecular complexity index is 813. The minimum atomic E-state index is -0.801. The lowest BCUT2D eigenvalue weighted by Gasteiger charge is -2.33. The van der Waals surface area contributed by atoms with Crippen molar-refractivity contribution < 1.29 is 14.3 Å². The Hall–Kier alpha value is -2.46. The molecular formula is C20H19NO3. The van der Waals surface area contributed by atoms with E-state index in [2.05, 4.69) is 6.07 Å². The fraction of sp³-hybridized carbons (Fsp3) is 0.300. The molecule has 122 valence electrons. The summed E-state index contributed by atoms with van der Waals surface area (Å²) in [7, 11) is 0. The van der Waals surface area contributed by atoms with E-state index in [4.69, 9.17) is 4.74 Å². The molecule has 24 heavy (non-hydrogen) atoms. The molecule has 0 bridgehead atoms. The van der Waals surface area contributed by atoms with Crippen LogP contribution in [0.2, 0.25) is 0 Å². The second kappa shape index (κ2) is 5.28. The van der Waals surface area contributed by atoms with Crippen LogP contribution in [0.15, 0.2) is 54.6 Å². The van der Waals surface area contributed by atoms with Crippen molar-refractivity contribution in [3.05, 3.63) is 71.3 Å².